The van der Waals surface area contributed by atoms with Crippen LogP contribution in [0.3, 0.4) is 0 Å². The molecule has 0 spiro atoms. The van der Waals surface area contributed by atoms with E-state index in [1.807, 2.05) is 42.5 Å². The molecule has 4 rings (SSSR count). The van der Waals surface area contributed by atoms with Gasteiger partial charge in [-0.2, -0.15) is 0 Å². The molecule has 3 heteroatoms. The van der Waals surface area contributed by atoms with Crippen molar-refractivity contribution in [3.05, 3.63) is 83.9 Å². The van der Waals surface area contributed by atoms with Crippen molar-refractivity contribution in [2.45, 2.75) is 6.54 Å². The summed E-state index contributed by atoms with van der Waals surface area (Å²) in [6.07, 6.45) is 0. The van der Waals surface area contributed by atoms with Gasteiger partial charge in [0.25, 0.3) is 0 Å². The second kappa shape index (κ2) is 5.29. The molecule has 3 nitrogen and oxygen atoms in total. The summed E-state index contributed by atoms with van der Waals surface area (Å²) in [6, 6.07) is 23.8. The van der Waals surface area contributed by atoms with Crippen LogP contribution in [0, 0.1) is 0 Å². The van der Waals surface area contributed by atoms with E-state index in [-0.39, 0.29) is 0 Å². The summed E-state index contributed by atoms with van der Waals surface area (Å²) in [7, 11) is 0. The third-order valence-electron chi connectivity index (χ3n) is 4.20. The summed E-state index contributed by atoms with van der Waals surface area (Å²) in [4.78, 5) is 11.3. The third kappa shape index (κ3) is 2.27. The number of carbonyl (C=O) groups is 1. The van der Waals surface area contributed by atoms with Gasteiger partial charge in [0.1, 0.15) is 0 Å². The zero-order valence-electron chi connectivity index (χ0n) is 12.4. The van der Waals surface area contributed by atoms with Crippen LogP contribution in [0.4, 0.5) is 0 Å². The topological polar surface area (TPSA) is 42.2 Å². The SMILES string of the molecule is O=C(O)c1ccc2c(c1)c1ccccc1n2Cc1ccccc1. The molecule has 1 heterocycles. The number of aromatic carboxylic acids is 1. The lowest BCUT2D eigenvalue weighted by molar-refractivity contribution is 0.0697. The van der Waals surface area contributed by atoms with Crippen molar-refractivity contribution in [2.24, 2.45) is 0 Å². The van der Waals surface area contributed by atoms with Crippen LogP contribution in [-0.4, -0.2) is 15.6 Å². The highest BCUT2D eigenvalue weighted by molar-refractivity contribution is 6.10. The monoisotopic (exact) mass is 301 g/mol. The number of benzene rings is 3. The van der Waals surface area contributed by atoms with Gasteiger partial charge in [-0.25, -0.2) is 4.79 Å². The number of carboxylic acids is 1. The lowest BCUT2D eigenvalue weighted by Gasteiger charge is -2.07. The molecule has 0 atom stereocenters. The maximum atomic E-state index is 11.3. The van der Waals surface area contributed by atoms with Crippen molar-refractivity contribution in [2.75, 3.05) is 0 Å². The second-order valence-corrected chi connectivity index (χ2v) is 5.63. The number of rotatable bonds is 3. The standard InChI is InChI=1S/C20H15NO2/c22-20(23)15-10-11-19-17(12-15)16-8-4-5-9-18(16)21(19)13-14-6-2-1-3-7-14/h1-12H,13H2,(H,22,23). The fourth-order valence-electron chi connectivity index (χ4n) is 3.12. The van der Waals surface area contributed by atoms with Crippen molar-refractivity contribution in [3.63, 3.8) is 0 Å². The van der Waals surface area contributed by atoms with Crippen molar-refractivity contribution >= 4 is 27.8 Å². The van der Waals surface area contributed by atoms with Gasteiger partial charge in [-0.05, 0) is 29.8 Å². The molecule has 0 aliphatic heterocycles. The van der Waals surface area contributed by atoms with Crippen molar-refractivity contribution in [3.8, 4) is 0 Å². The van der Waals surface area contributed by atoms with Crippen LogP contribution >= 0.6 is 0 Å². The Morgan fingerprint density at radius 2 is 1.52 bits per heavy atom. The first kappa shape index (κ1) is 13.6. The normalized spacial score (nSPS) is 11.1. The molecule has 4 aromatic rings. The summed E-state index contributed by atoms with van der Waals surface area (Å²) in [5, 5.41) is 11.3. The van der Waals surface area contributed by atoms with Crippen LogP contribution in [0.25, 0.3) is 21.8 Å². The largest absolute Gasteiger partial charge is 0.478 e. The molecule has 0 saturated carbocycles. The molecule has 3 aromatic carbocycles. The van der Waals surface area contributed by atoms with Gasteiger partial charge in [-0.1, -0.05) is 48.5 Å². The molecular weight excluding hydrogens is 286 g/mol. The number of aromatic nitrogens is 1. The Kier molecular flexibility index (Phi) is 3.12. The minimum absolute atomic E-state index is 0.320. The van der Waals surface area contributed by atoms with Gasteiger partial charge < -0.3 is 9.67 Å². The van der Waals surface area contributed by atoms with E-state index in [0.717, 1.165) is 28.4 Å². The Morgan fingerprint density at radius 3 is 2.30 bits per heavy atom. The summed E-state index contributed by atoms with van der Waals surface area (Å²) < 4.78 is 2.24. The van der Waals surface area contributed by atoms with E-state index in [0.29, 0.717) is 5.56 Å². The molecule has 0 saturated heterocycles. The maximum Gasteiger partial charge on any atom is 0.335 e. The summed E-state index contributed by atoms with van der Waals surface area (Å²) >= 11 is 0. The molecule has 0 aliphatic carbocycles. The molecular formula is C20H15NO2. The van der Waals surface area contributed by atoms with Crippen molar-refractivity contribution < 1.29 is 9.90 Å². The predicted octanol–water partition coefficient (Wildman–Crippen LogP) is 4.54. The highest BCUT2D eigenvalue weighted by atomic mass is 16.4. The van der Waals surface area contributed by atoms with Gasteiger partial charge in [-0.3, -0.25) is 0 Å². The molecule has 0 unspecified atom stereocenters. The Hall–Kier alpha value is -3.07. The van der Waals surface area contributed by atoms with Crippen molar-refractivity contribution in [1.82, 2.24) is 4.57 Å². The fraction of sp³-hybridized carbons (Fsp3) is 0.0500. The molecule has 0 amide bonds. The first-order valence-corrected chi connectivity index (χ1v) is 7.52. The molecule has 1 N–H and O–H groups in total. The summed E-state index contributed by atoms with van der Waals surface area (Å²) in [6.45, 7) is 0.761. The van der Waals surface area contributed by atoms with Crippen LogP contribution in [0.1, 0.15) is 15.9 Å². The van der Waals surface area contributed by atoms with Crippen LogP contribution in [0.15, 0.2) is 72.8 Å². The van der Waals surface area contributed by atoms with E-state index in [9.17, 15) is 9.90 Å². The lowest BCUT2D eigenvalue weighted by atomic mass is 10.1. The molecule has 0 fully saturated rings. The number of hydrogen-bond donors (Lipinski definition) is 1. The average Bonchev–Trinajstić information content (AvgIpc) is 2.90. The second-order valence-electron chi connectivity index (χ2n) is 5.63. The van der Waals surface area contributed by atoms with Crippen LogP contribution in [-0.2, 0) is 6.54 Å². The van der Waals surface area contributed by atoms with Gasteiger partial charge in [0.05, 0.1) is 5.56 Å². The van der Waals surface area contributed by atoms with Crippen LogP contribution in [0.2, 0.25) is 0 Å². The Morgan fingerprint density at radius 1 is 0.826 bits per heavy atom. The Labute approximate surface area is 133 Å². The number of fused-ring (bicyclic) bond motifs is 3. The van der Waals surface area contributed by atoms with E-state index in [1.54, 1.807) is 12.1 Å². The van der Waals surface area contributed by atoms with Crippen molar-refractivity contribution in [1.29, 1.82) is 0 Å². The lowest BCUT2D eigenvalue weighted by Crippen LogP contribution is -2.00. The minimum Gasteiger partial charge on any atom is -0.478 e. The van der Waals surface area contributed by atoms with Gasteiger partial charge in [-0.15, -0.1) is 0 Å². The van der Waals surface area contributed by atoms with Gasteiger partial charge in [0, 0.05) is 28.4 Å². The zero-order chi connectivity index (χ0) is 15.8. The molecule has 1 aromatic heterocycles. The predicted molar refractivity (Wildman–Crippen MR) is 91.9 cm³/mol. The quantitative estimate of drug-likeness (QED) is 0.603. The number of hydrogen-bond acceptors (Lipinski definition) is 1. The van der Waals surface area contributed by atoms with E-state index in [4.69, 9.17) is 0 Å². The molecule has 0 radical (unpaired) electrons. The highest BCUT2D eigenvalue weighted by Crippen LogP contribution is 2.30. The molecule has 112 valence electrons. The fourth-order valence-corrected chi connectivity index (χ4v) is 3.12. The number of para-hydroxylation sites is 1. The van der Waals surface area contributed by atoms with Gasteiger partial charge in [0.15, 0.2) is 0 Å². The third-order valence-corrected chi connectivity index (χ3v) is 4.20. The minimum atomic E-state index is -0.896. The first-order valence-electron chi connectivity index (χ1n) is 7.52. The summed E-state index contributed by atoms with van der Waals surface area (Å²) in [5.41, 5.74) is 3.71. The Balaban J connectivity index is 1.99. The highest BCUT2D eigenvalue weighted by Gasteiger charge is 2.13. The van der Waals surface area contributed by atoms with E-state index in [1.165, 1.54) is 5.56 Å². The average molecular weight is 301 g/mol. The van der Waals surface area contributed by atoms with Gasteiger partial charge >= 0.3 is 5.97 Å². The number of nitrogens with zero attached hydrogens (tertiary/aromatic N) is 1. The summed E-state index contributed by atoms with van der Waals surface area (Å²) in [5.74, 6) is -0.896. The molecule has 0 aliphatic rings. The van der Waals surface area contributed by atoms with Gasteiger partial charge in [0.2, 0.25) is 0 Å². The first-order chi connectivity index (χ1) is 11.2. The van der Waals surface area contributed by atoms with E-state index >= 15 is 0 Å². The van der Waals surface area contributed by atoms with Crippen LogP contribution < -0.4 is 0 Å². The van der Waals surface area contributed by atoms with E-state index in [2.05, 4.69) is 22.8 Å². The van der Waals surface area contributed by atoms with Crippen LogP contribution in [0.5, 0.6) is 0 Å². The smallest absolute Gasteiger partial charge is 0.335 e. The number of carboxylic acid groups (broad SMARTS) is 1. The maximum absolute atomic E-state index is 11.3. The molecule has 0 bridgehead atoms. The Bertz CT molecular complexity index is 1020. The van der Waals surface area contributed by atoms with E-state index < -0.39 is 5.97 Å². The zero-order valence-corrected chi connectivity index (χ0v) is 12.4. The molecule has 23 heavy (non-hydrogen) atoms.